The van der Waals surface area contributed by atoms with E-state index >= 15 is 0 Å². The van der Waals surface area contributed by atoms with Crippen molar-refractivity contribution >= 4 is 29.1 Å². The van der Waals surface area contributed by atoms with Crippen LogP contribution in [0.15, 0.2) is 17.5 Å². The van der Waals surface area contributed by atoms with E-state index in [2.05, 4.69) is 10.6 Å². The van der Waals surface area contributed by atoms with Gasteiger partial charge < -0.3 is 15.5 Å². The Morgan fingerprint density at radius 1 is 1.31 bits per heavy atom. The van der Waals surface area contributed by atoms with E-state index < -0.39 is 5.54 Å². The number of hydrogen-bond donors (Lipinski definition) is 2. The highest BCUT2D eigenvalue weighted by Gasteiger charge is 2.41. The molecule has 0 saturated heterocycles. The maximum absolute atomic E-state index is 13.1. The molecule has 26 heavy (non-hydrogen) atoms. The second-order valence-corrected chi connectivity index (χ2v) is 8.08. The SMILES string of the molecule is CCC(C)(C(=O)NC1CCCC1)N(Cc1cccs1)C(=O)CNC(C)=O. The molecule has 0 aliphatic heterocycles. The Kier molecular flexibility index (Phi) is 7.20. The third-order valence-corrected chi connectivity index (χ3v) is 6.01. The first-order valence-electron chi connectivity index (χ1n) is 9.25. The zero-order chi connectivity index (χ0) is 19.2. The standard InChI is InChI=1S/C19H29N3O3S/c1-4-19(3,18(25)21-15-8-5-6-9-15)22(13-16-10-7-11-26-16)17(24)12-20-14(2)23/h7,10-11,15H,4-6,8-9,12-13H2,1-3H3,(H,20,23)(H,21,25). The highest BCUT2D eigenvalue weighted by molar-refractivity contribution is 7.09. The second kappa shape index (κ2) is 9.16. The summed E-state index contributed by atoms with van der Waals surface area (Å²) in [6.45, 7) is 5.37. The van der Waals surface area contributed by atoms with Gasteiger partial charge in [0, 0.05) is 17.8 Å². The van der Waals surface area contributed by atoms with Gasteiger partial charge in [0.25, 0.3) is 0 Å². The highest BCUT2D eigenvalue weighted by Crippen LogP contribution is 2.26. The summed E-state index contributed by atoms with van der Waals surface area (Å²) in [5.41, 5.74) is -0.956. The predicted molar refractivity (Wildman–Crippen MR) is 103 cm³/mol. The van der Waals surface area contributed by atoms with Gasteiger partial charge in [-0.05, 0) is 37.6 Å². The smallest absolute Gasteiger partial charge is 0.245 e. The summed E-state index contributed by atoms with van der Waals surface area (Å²) in [6, 6.07) is 4.08. The fourth-order valence-electron chi connectivity index (χ4n) is 3.28. The Morgan fingerprint density at radius 3 is 2.54 bits per heavy atom. The lowest BCUT2D eigenvalue weighted by molar-refractivity contribution is -0.148. The topological polar surface area (TPSA) is 78.5 Å². The summed E-state index contributed by atoms with van der Waals surface area (Å²) >= 11 is 1.55. The summed E-state index contributed by atoms with van der Waals surface area (Å²) in [5, 5.41) is 7.64. The number of carbonyl (C=O) groups excluding carboxylic acids is 3. The van der Waals surface area contributed by atoms with Crippen molar-refractivity contribution in [2.45, 2.75) is 71.0 Å². The first-order chi connectivity index (χ1) is 12.4. The molecule has 7 heteroatoms. The normalized spacial score (nSPS) is 16.7. The van der Waals surface area contributed by atoms with E-state index in [4.69, 9.17) is 0 Å². The van der Waals surface area contributed by atoms with E-state index in [1.807, 2.05) is 31.4 Å². The quantitative estimate of drug-likeness (QED) is 0.728. The first-order valence-corrected chi connectivity index (χ1v) is 10.1. The Hall–Kier alpha value is -1.89. The molecule has 144 valence electrons. The molecule has 1 unspecified atom stereocenters. The van der Waals surface area contributed by atoms with E-state index in [-0.39, 0.29) is 30.3 Å². The molecule has 1 atom stereocenters. The average Bonchev–Trinajstić information content (AvgIpc) is 3.30. The summed E-state index contributed by atoms with van der Waals surface area (Å²) in [4.78, 5) is 39.8. The number of thiophene rings is 1. The molecule has 6 nitrogen and oxygen atoms in total. The summed E-state index contributed by atoms with van der Waals surface area (Å²) in [7, 11) is 0. The van der Waals surface area contributed by atoms with Gasteiger partial charge in [0.1, 0.15) is 5.54 Å². The number of amides is 3. The van der Waals surface area contributed by atoms with Gasteiger partial charge in [0.15, 0.2) is 0 Å². The molecule has 1 aliphatic carbocycles. The lowest BCUT2D eigenvalue weighted by atomic mass is 9.93. The number of nitrogens with one attached hydrogen (secondary N) is 2. The van der Waals surface area contributed by atoms with Crippen molar-refractivity contribution < 1.29 is 14.4 Å². The maximum Gasteiger partial charge on any atom is 0.245 e. The lowest BCUT2D eigenvalue weighted by Gasteiger charge is -2.40. The Labute approximate surface area is 159 Å². The van der Waals surface area contributed by atoms with Crippen molar-refractivity contribution in [3.63, 3.8) is 0 Å². The minimum Gasteiger partial charge on any atom is -0.351 e. The molecule has 0 spiro atoms. The van der Waals surface area contributed by atoms with Gasteiger partial charge >= 0.3 is 0 Å². The van der Waals surface area contributed by atoms with Crippen LogP contribution < -0.4 is 10.6 Å². The molecule has 1 aliphatic rings. The van der Waals surface area contributed by atoms with Gasteiger partial charge in [-0.1, -0.05) is 25.8 Å². The van der Waals surface area contributed by atoms with Crippen molar-refractivity contribution in [1.29, 1.82) is 0 Å². The van der Waals surface area contributed by atoms with Crippen molar-refractivity contribution in [2.24, 2.45) is 0 Å². The average molecular weight is 380 g/mol. The van der Waals surface area contributed by atoms with Gasteiger partial charge in [-0.2, -0.15) is 0 Å². The molecule has 1 saturated carbocycles. The summed E-state index contributed by atoms with van der Waals surface area (Å²) in [6.07, 6.45) is 4.76. The minimum absolute atomic E-state index is 0.104. The van der Waals surface area contributed by atoms with E-state index in [0.29, 0.717) is 13.0 Å². The van der Waals surface area contributed by atoms with Crippen LogP contribution in [0.25, 0.3) is 0 Å². The van der Waals surface area contributed by atoms with Crippen LogP contribution in [0.5, 0.6) is 0 Å². The molecule has 0 radical (unpaired) electrons. The van der Waals surface area contributed by atoms with E-state index in [1.54, 1.807) is 16.2 Å². The largest absolute Gasteiger partial charge is 0.351 e. The second-order valence-electron chi connectivity index (χ2n) is 7.05. The highest BCUT2D eigenvalue weighted by atomic mass is 32.1. The molecule has 1 heterocycles. The van der Waals surface area contributed by atoms with E-state index in [1.165, 1.54) is 6.92 Å². The van der Waals surface area contributed by atoms with Crippen molar-refractivity contribution in [2.75, 3.05) is 6.54 Å². The van der Waals surface area contributed by atoms with Crippen molar-refractivity contribution in [3.05, 3.63) is 22.4 Å². The molecule has 0 aromatic carbocycles. The van der Waals surface area contributed by atoms with E-state index in [9.17, 15) is 14.4 Å². The predicted octanol–water partition coefficient (Wildman–Crippen LogP) is 2.44. The zero-order valence-corrected chi connectivity index (χ0v) is 16.7. The van der Waals surface area contributed by atoms with Crippen LogP contribution in [0.3, 0.4) is 0 Å². The third-order valence-electron chi connectivity index (χ3n) is 5.15. The third kappa shape index (κ3) is 5.06. The molecule has 1 fully saturated rings. The van der Waals surface area contributed by atoms with Gasteiger partial charge in [-0.15, -0.1) is 11.3 Å². The Balaban J connectivity index is 2.21. The van der Waals surface area contributed by atoms with Crippen LogP contribution in [0.4, 0.5) is 0 Å². The van der Waals surface area contributed by atoms with Crippen LogP contribution in [-0.4, -0.2) is 40.7 Å². The Morgan fingerprint density at radius 2 is 2.00 bits per heavy atom. The molecule has 1 aromatic heterocycles. The van der Waals surface area contributed by atoms with E-state index in [0.717, 1.165) is 30.6 Å². The monoisotopic (exact) mass is 379 g/mol. The maximum atomic E-state index is 13.1. The van der Waals surface area contributed by atoms with Crippen LogP contribution in [-0.2, 0) is 20.9 Å². The number of hydrogen-bond acceptors (Lipinski definition) is 4. The zero-order valence-electron chi connectivity index (χ0n) is 15.8. The fourth-order valence-corrected chi connectivity index (χ4v) is 3.97. The number of nitrogens with zero attached hydrogens (tertiary/aromatic N) is 1. The summed E-state index contributed by atoms with van der Waals surface area (Å²) in [5.74, 6) is -0.623. The molecule has 0 bridgehead atoms. The number of rotatable bonds is 8. The molecule has 2 rings (SSSR count). The van der Waals surface area contributed by atoms with Crippen LogP contribution >= 0.6 is 11.3 Å². The molecular weight excluding hydrogens is 350 g/mol. The molecule has 3 amide bonds. The van der Waals surface area contributed by atoms with Gasteiger partial charge in [-0.25, -0.2) is 0 Å². The van der Waals surface area contributed by atoms with Crippen molar-refractivity contribution in [1.82, 2.24) is 15.5 Å². The van der Waals surface area contributed by atoms with Gasteiger partial charge in [0.2, 0.25) is 17.7 Å². The molecular formula is C19H29N3O3S. The van der Waals surface area contributed by atoms with Crippen molar-refractivity contribution in [3.8, 4) is 0 Å². The van der Waals surface area contributed by atoms with Crippen LogP contribution in [0.2, 0.25) is 0 Å². The minimum atomic E-state index is -0.956. The summed E-state index contributed by atoms with van der Waals surface area (Å²) < 4.78 is 0. The molecule has 2 N–H and O–H groups in total. The van der Waals surface area contributed by atoms with Crippen LogP contribution in [0.1, 0.15) is 57.8 Å². The van der Waals surface area contributed by atoms with Gasteiger partial charge in [0.05, 0.1) is 13.1 Å². The lowest BCUT2D eigenvalue weighted by Crippen LogP contribution is -2.60. The van der Waals surface area contributed by atoms with Gasteiger partial charge in [-0.3, -0.25) is 14.4 Å². The molecule has 1 aromatic rings. The fraction of sp³-hybridized carbons (Fsp3) is 0.632. The Bertz CT molecular complexity index is 626. The first kappa shape index (κ1) is 20.4. The number of carbonyl (C=O) groups is 3. The van der Waals surface area contributed by atoms with Crippen LogP contribution in [0, 0.1) is 0 Å².